The van der Waals surface area contributed by atoms with E-state index in [1.54, 1.807) is 4.31 Å². The maximum atomic E-state index is 14.0. The highest BCUT2D eigenvalue weighted by atomic mass is 79.9. The number of anilines is 1. The van der Waals surface area contributed by atoms with E-state index in [2.05, 4.69) is 79.9 Å². The first-order chi connectivity index (χ1) is 17.9. The number of aryl methyl sites for hydroxylation is 1. The molecule has 1 aromatic heterocycles. The lowest BCUT2D eigenvalue weighted by Crippen LogP contribution is -2.48. The second-order valence-electron chi connectivity index (χ2n) is 9.92. The molecule has 0 bridgehead atoms. The molecule has 0 radical (unpaired) electrons. The van der Waals surface area contributed by atoms with Gasteiger partial charge in [-0.05, 0) is 47.9 Å². The molecule has 2 aromatic carbocycles. The van der Waals surface area contributed by atoms with Crippen LogP contribution in [0.1, 0.15) is 16.8 Å². The zero-order chi connectivity index (χ0) is 25.8. The monoisotopic (exact) mass is 586 g/mol. The van der Waals surface area contributed by atoms with Gasteiger partial charge in [0.2, 0.25) is 10.0 Å². The highest BCUT2D eigenvalue weighted by molar-refractivity contribution is 9.10. The SMILES string of the molecule is Cn1cccc1CN1C[C@@H](Cc2ccccc2)N(S(=O)(=O)CCN2CCOCC2)Cc2cc(Br)ccc21. The van der Waals surface area contributed by atoms with Crippen molar-refractivity contribution >= 4 is 31.6 Å². The molecule has 1 fully saturated rings. The number of sulfonamides is 1. The van der Waals surface area contributed by atoms with Crippen molar-refractivity contribution in [2.45, 2.75) is 25.6 Å². The fraction of sp³-hybridized carbons (Fsp3) is 0.429. The van der Waals surface area contributed by atoms with Crippen LogP contribution in [0.2, 0.25) is 0 Å². The summed E-state index contributed by atoms with van der Waals surface area (Å²) >= 11 is 3.62. The first-order valence-corrected chi connectivity index (χ1v) is 15.3. The van der Waals surface area contributed by atoms with Crippen molar-refractivity contribution in [2.24, 2.45) is 7.05 Å². The van der Waals surface area contributed by atoms with Crippen LogP contribution in [0.4, 0.5) is 5.69 Å². The van der Waals surface area contributed by atoms with Gasteiger partial charge in [-0.3, -0.25) is 4.90 Å². The Balaban J connectivity index is 1.49. The molecule has 9 heteroatoms. The molecule has 2 aliphatic heterocycles. The van der Waals surface area contributed by atoms with Crippen molar-refractivity contribution in [3.8, 4) is 0 Å². The molecule has 3 aromatic rings. The number of hydrogen-bond acceptors (Lipinski definition) is 5. The van der Waals surface area contributed by atoms with E-state index in [-0.39, 0.29) is 11.8 Å². The number of morpholine rings is 1. The van der Waals surface area contributed by atoms with E-state index in [1.165, 1.54) is 5.69 Å². The number of halogens is 1. The Morgan fingerprint density at radius 2 is 1.81 bits per heavy atom. The molecule has 0 aliphatic carbocycles. The molecule has 37 heavy (non-hydrogen) atoms. The molecular weight excluding hydrogens is 552 g/mol. The predicted molar refractivity (Wildman–Crippen MR) is 151 cm³/mol. The van der Waals surface area contributed by atoms with Crippen LogP contribution in [-0.4, -0.2) is 73.4 Å². The normalized spacial score (nSPS) is 19.5. The third-order valence-corrected chi connectivity index (χ3v) is 9.73. The maximum absolute atomic E-state index is 14.0. The number of hydrogen-bond donors (Lipinski definition) is 0. The fourth-order valence-electron chi connectivity index (χ4n) is 5.30. The number of aromatic nitrogens is 1. The second-order valence-corrected chi connectivity index (χ2v) is 12.9. The number of ether oxygens (including phenoxy) is 1. The van der Waals surface area contributed by atoms with Gasteiger partial charge < -0.3 is 14.2 Å². The topological polar surface area (TPSA) is 58.0 Å². The zero-order valence-electron chi connectivity index (χ0n) is 21.3. The Labute approximate surface area is 228 Å². The van der Waals surface area contributed by atoms with Crippen LogP contribution < -0.4 is 4.90 Å². The Morgan fingerprint density at radius 3 is 2.54 bits per heavy atom. The van der Waals surface area contributed by atoms with Crippen LogP contribution in [0, 0.1) is 0 Å². The van der Waals surface area contributed by atoms with Gasteiger partial charge in [0.1, 0.15) is 0 Å². The first kappa shape index (κ1) is 26.4. The number of rotatable bonds is 8. The lowest BCUT2D eigenvalue weighted by atomic mass is 10.1. The van der Waals surface area contributed by atoms with Crippen molar-refractivity contribution in [3.63, 3.8) is 0 Å². The Morgan fingerprint density at radius 1 is 1.03 bits per heavy atom. The van der Waals surface area contributed by atoms with Crippen molar-refractivity contribution in [3.05, 3.63) is 88.2 Å². The molecule has 3 heterocycles. The van der Waals surface area contributed by atoms with Crippen molar-refractivity contribution in [1.82, 2.24) is 13.8 Å². The highest BCUT2D eigenvalue weighted by Crippen LogP contribution is 2.33. The van der Waals surface area contributed by atoms with Crippen LogP contribution in [0.25, 0.3) is 0 Å². The summed E-state index contributed by atoms with van der Waals surface area (Å²) in [5, 5.41) is 0. The largest absolute Gasteiger partial charge is 0.379 e. The summed E-state index contributed by atoms with van der Waals surface area (Å²) < 4.78 is 38.3. The molecule has 198 valence electrons. The molecule has 0 N–H and O–H groups in total. The summed E-state index contributed by atoms with van der Waals surface area (Å²) in [5.74, 6) is 0.111. The number of nitrogens with zero attached hydrogens (tertiary/aromatic N) is 4. The lowest BCUT2D eigenvalue weighted by Gasteiger charge is -2.33. The van der Waals surface area contributed by atoms with Gasteiger partial charge >= 0.3 is 0 Å². The van der Waals surface area contributed by atoms with Gasteiger partial charge in [-0.15, -0.1) is 0 Å². The van der Waals surface area contributed by atoms with Gasteiger partial charge in [-0.2, -0.15) is 4.31 Å². The van der Waals surface area contributed by atoms with Gasteiger partial charge in [0, 0.05) is 67.9 Å². The summed E-state index contributed by atoms with van der Waals surface area (Å²) in [5.41, 5.74) is 4.45. The summed E-state index contributed by atoms with van der Waals surface area (Å²) in [4.78, 5) is 4.54. The van der Waals surface area contributed by atoms with Crippen molar-refractivity contribution in [2.75, 3.05) is 50.0 Å². The molecule has 0 spiro atoms. The van der Waals surface area contributed by atoms with E-state index < -0.39 is 10.0 Å². The maximum Gasteiger partial charge on any atom is 0.215 e. The first-order valence-electron chi connectivity index (χ1n) is 12.9. The molecular formula is C28H35BrN4O3S. The molecule has 0 saturated carbocycles. The summed E-state index contributed by atoms with van der Waals surface area (Å²) in [6.07, 6.45) is 2.72. The van der Waals surface area contributed by atoms with Gasteiger partial charge in [0.15, 0.2) is 0 Å². The van der Waals surface area contributed by atoms with Crippen LogP contribution in [-0.2, 0) is 41.3 Å². The quantitative estimate of drug-likeness (QED) is 0.401. The minimum Gasteiger partial charge on any atom is -0.379 e. The minimum atomic E-state index is -3.52. The van der Waals surface area contributed by atoms with Crippen molar-refractivity contribution in [1.29, 1.82) is 0 Å². The molecule has 5 rings (SSSR count). The molecule has 0 amide bonds. The van der Waals surface area contributed by atoms with E-state index in [4.69, 9.17) is 4.74 Å². The third-order valence-electron chi connectivity index (χ3n) is 7.39. The van der Waals surface area contributed by atoms with Crippen LogP contribution >= 0.6 is 15.9 Å². The lowest BCUT2D eigenvalue weighted by molar-refractivity contribution is 0.0406. The van der Waals surface area contributed by atoms with Crippen LogP contribution in [0.15, 0.2) is 71.3 Å². The summed E-state index contributed by atoms with van der Waals surface area (Å²) in [6.45, 7) is 5.11. The van der Waals surface area contributed by atoms with Crippen molar-refractivity contribution < 1.29 is 13.2 Å². The average Bonchev–Trinajstić information content (AvgIpc) is 3.23. The van der Waals surface area contributed by atoms with E-state index in [1.807, 2.05) is 24.3 Å². The number of benzene rings is 2. The summed E-state index contributed by atoms with van der Waals surface area (Å²) in [6, 6.07) is 20.5. The molecule has 2 aliphatic rings. The number of fused-ring (bicyclic) bond motifs is 1. The molecule has 0 unspecified atom stereocenters. The van der Waals surface area contributed by atoms with Crippen LogP contribution in [0.3, 0.4) is 0 Å². The van der Waals surface area contributed by atoms with E-state index in [0.29, 0.717) is 45.8 Å². The third kappa shape index (κ3) is 6.46. The Kier molecular flexibility index (Phi) is 8.36. The van der Waals surface area contributed by atoms with Crippen LogP contribution in [0.5, 0.6) is 0 Å². The Bertz CT molecular complexity index is 1290. The molecule has 1 saturated heterocycles. The average molecular weight is 588 g/mol. The zero-order valence-corrected chi connectivity index (χ0v) is 23.7. The minimum absolute atomic E-state index is 0.111. The predicted octanol–water partition coefficient (Wildman–Crippen LogP) is 3.88. The summed E-state index contributed by atoms with van der Waals surface area (Å²) in [7, 11) is -1.47. The van der Waals surface area contributed by atoms with E-state index >= 15 is 0 Å². The molecule has 1 atom stereocenters. The fourth-order valence-corrected chi connectivity index (χ4v) is 7.36. The molecule has 7 nitrogen and oxygen atoms in total. The Hall–Kier alpha value is -2.17. The second kappa shape index (κ2) is 11.7. The smallest absolute Gasteiger partial charge is 0.215 e. The van der Waals surface area contributed by atoms with Gasteiger partial charge in [0.25, 0.3) is 0 Å². The van der Waals surface area contributed by atoms with E-state index in [0.717, 1.165) is 34.4 Å². The highest BCUT2D eigenvalue weighted by Gasteiger charge is 2.36. The van der Waals surface area contributed by atoms with Gasteiger partial charge in [-0.1, -0.05) is 46.3 Å². The van der Waals surface area contributed by atoms with E-state index in [9.17, 15) is 8.42 Å². The van der Waals surface area contributed by atoms with Gasteiger partial charge in [-0.25, -0.2) is 8.42 Å². The van der Waals surface area contributed by atoms with Gasteiger partial charge in [0.05, 0.1) is 25.5 Å². The standard InChI is InChI=1S/C28H35BrN4O3S/c1-30-11-5-8-26(30)21-32-22-27(18-23-6-3-2-4-7-23)33(20-24-19-25(29)9-10-28(24)32)37(34,35)17-14-31-12-15-36-16-13-31/h2-11,19,27H,12-18,20-22H2,1H3/t27-/m1/s1.